The first-order valence-corrected chi connectivity index (χ1v) is 5.92. The van der Waals surface area contributed by atoms with Crippen molar-refractivity contribution in [1.82, 2.24) is 0 Å². The molecule has 1 fully saturated rings. The molecule has 2 heteroatoms. The molecular weight excluding hydrogens is 198 g/mol. The standard InChI is InChI=1S/C14H17NO/c1-12(15-11-16)14(9-5-6-10-14)13-7-3-2-4-8-13/h2-4,7-8,12H,5-6,9-10H2,1H3. The van der Waals surface area contributed by atoms with Gasteiger partial charge in [-0.15, -0.1) is 0 Å². The molecule has 0 saturated heterocycles. The summed E-state index contributed by atoms with van der Waals surface area (Å²) in [5.74, 6) is 0. The third-order valence-electron chi connectivity index (χ3n) is 3.89. The Labute approximate surface area is 96.4 Å². The lowest BCUT2D eigenvalue weighted by Gasteiger charge is -2.32. The Morgan fingerprint density at radius 1 is 1.25 bits per heavy atom. The first-order chi connectivity index (χ1) is 7.79. The van der Waals surface area contributed by atoms with Crippen LogP contribution >= 0.6 is 0 Å². The molecule has 0 heterocycles. The predicted octanol–water partition coefficient (Wildman–Crippen LogP) is 3.22. The van der Waals surface area contributed by atoms with Crippen molar-refractivity contribution < 1.29 is 4.79 Å². The molecule has 0 aliphatic heterocycles. The number of hydrogen-bond acceptors (Lipinski definition) is 2. The maximum Gasteiger partial charge on any atom is 0.235 e. The maximum atomic E-state index is 10.5. The van der Waals surface area contributed by atoms with Gasteiger partial charge in [-0.1, -0.05) is 43.2 Å². The molecule has 0 radical (unpaired) electrons. The highest BCUT2D eigenvalue weighted by molar-refractivity contribution is 5.36. The third kappa shape index (κ3) is 1.81. The molecule has 0 amide bonds. The average molecular weight is 215 g/mol. The van der Waals surface area contributed by atoms with Crippen LogP contribution in [0.3, 0.4) is 0 Å². The van der Waals surface area contributed by atoms with Crippen molar-refractivity contribution in [3.8, 4) is 0 Å². The molecule has 1 aliphatic rings. The van der Waals surface area contributed by atoms with Crippen LogP contribution in [-0.2, 0) is 10.2 Å². The minimum absolute atomic E-state index is 0.0369. The molecule has 1 aliphatic carbocycles. The van der Waals surface area contributed by atoms with E-state index in [0.29, 0.717) is 0 Å². The monoisotopic (exact) mass is 215 g/mol. The second-order valence-corrected chi connectivity index (χ2v) is 4.63. The Hall–Kier alpha value is -1.40. The van der Waals surface area contributed by atoms with Crippen molar-refractivity contribution in [2.24, 2.45) is 4.99 Å². The molecule has 1 atom stereocenters. The van der Waals surface area contributed by atoms with Crippen molar-refractivity contribution in [3.63, 3.8) is 0 Å². The van der Waals surface area contributed by atoms with E-state index in [1.54, 1.807) is 6.08 Å². The van der Waals surface area contributed by atoms with Crippen LogP contribution in [0.5, 0.6) is 0 Å². The van der Waals surface area contributed by atoms with Gasteiger partial charge in [0.05, 0.1) is 6.04 Å². The highest BCUT2D eigenvalue weighted by Gasteiger charge is 2.40. The predicted molar refractivity (Wildman–Crippen MR) is 64.2 cm³/mol. The molecule has 1 unspecified atom stereocenters. The van der Waals surface area contributed by atoms with E-state index in [-0.39, 0.29) is 11.5 Å². The van der Waals surface area contributed by atoms with Crippen LogP contribution in [-0.4, -0.2) is 12.1 Å². The van der Waals surface area contributed by atoms with Gasteiger partial charge in [0.2, 0.25) is 6.08 Å². The Kier molecular flexibility index (Phi) is 3.21. The summed E-state index contributed by atoms with van der Waals surface area (Å²) in [4.78, 5) is 14.4. The van der Waals surface area contributed by atoms with Crippen LogP contribution in [0.2, 0.25) is 0 Å². The van der Waals surface area contributed by atoms with Gasteiger partial charge in [0, 0.05) is 5.41 Å². The summed E-state index contributed by atoms with van der Waals surface area (Å²) in [6.45, 7) is 2.03. The fourth-order valence-electron chi connectivity index (χ4n) is 2.93. The van der Waals surface area contributed by atoms with Crippen LogP contribution in [0.15, 0.2) is 35.3 Å². The first kappa shape index (κ1) is 11.1. The molecule has 2 rings (SSSR count). The molecular formula is C14H17NO. The Balaban J connectivity index is 2.39. The Morgan fingerprint density at radius 3 is 2.44 bits per heavy atom. The summed E-state index contributed by atoms with van der Waals surface area (Å²) in [7, 11) is 0. The van der Waals surface area contributed by atoms with Crippen LogP contribution < -0.4 is 0 Å². The largest absolute Gasteiger partial charge is 0.235 e. The molecule has 1 aromatic carbocycles. The molecule has 2 nitrogen and oxygen atoms in total. The van der Waals surface area contributed by atoms with Gasteiger partial charge in [0.25, 0.3) is 0 Å². The van der Waals surface area contributed by atoms with E-state index in [0.717, 1.165) is 12.8 Å². The van der Waals surface area contributed by atoms with Crippen LogP contribution in [0, 0.1) is 0 Å². The molecule has 84 valence electrons. The van der Waals surface area contributed by atoms with Crippen LogP contribution in [0.25, 0.3) is 0 Å². The zero-order valence-corrected chi connectivity index (χ0v) is 9.65. The Bertz CT molecular complexity index is 386. The van der Waals surface area contributed by atoms with Crippen molar-refractivity contribution in [2.45, 2.75) is 44.1 Å². The summed E-state index contributed by atoms with van der Waals surface area (Å²) in [6, 6.07) is 10.5. The van der Waals surface area contributed by atoms with Gasteiger partial charge in [-0.2, -0.15) is 0 Å². The summed E-state index contributed by atoms with van der Waals surface area (Å²) >= 11 is 0. The first-order valence-electron chi connectivity index (χ1n) is 5.92. The van der Waals surface area contributed by atoms with Crippen molar-refractivity contribution >= 4 is 6.08 Å². The summed E-state index contributed by atoms with van der Waals surface area (Å²) in [6.07, 6.45) is 6.43. The van der Waals surface area contributed by atoms with Gasteiger partial charge in [0.1, 0.15) is 0 Å². The van der Waals surface area contributed by atoms with Crippen LogP contribution in [0.4, 0.5) is 0 Å². The molecule has 0 N–H and O–H groups in total. The van der Waals surface area contributed by atoms with Crippen LogP contribution in [0.1, 0.15) is 38.2 Å². The van der Waals surface area contributed by atoms with E-state index in [1.165, 1.54) is 18.4 Å². The number of carbonyl (C=O) groups excluding carboxylic acids is 1. The van der Waals surface area contributed by atoms with E-state index < -0.39 is 0 Å². The van der Waals surface area contributed by atoms with Crippen molar-refractivity contribution in [1.29, 1.82) is 0 Å². The van der Waals surface area contributed by atoms with Crippen molar-refractivity contribution in [2.75, 3.05) is 0 Å². The quantitative estimate of drug-likeness (QED) is 0.562. The van der Waals surface area contributed by atoms with Gasteiger partial charge in [-0.05, 0) is 25.3 Å². The smallest absolute Gasteiger partial charge is 0.211 e. The van der Waals surface area contributed by atoms with Gasteiger partial charge in [-0.3, -0.25) is 0 Å². The number of nitrogens with zero attached hydrogens (tertiary/aromatic N) is 1. The highest BCUT2D eigenvalue weighted by atomic mass is 16.1. The maximum absolute atomic E-state index is 10.5. The number of rotatable bonds is 3. The summed E-state index contributed by atoms with van der Waals surface area (Å²) in [5, 5.41) is 0. The number of aliphatic imine (C=N–C) groups is 1. The van der Waals surface area contributed by atoms with Gasteiger partial charge < -0.3 is 0 Å². The van der Waals surface area contributed by atoms with E-state index in [1.807, 2.05) is 13.0 Å². The lowest BCUT2D eigenvalue weighted by Crippen LogP contribution is -2.33. The van der Waals surface area contributed by atoms with Crippen molar-refractivity contribution in [3.05, 3.63) is 35.9 Å². The molecule has 16 heavy (non-hydrogen) atoms. The van der Waals surface area contributed by atoms with Gasteiger partial charge in [0.15, 0.2) is 0 Å². The number of hydrogen-bond donors (Lipinski definition) is 0. The fraction of sp³-hybridized carbons (Fsp3) is 0.500. The second kappa shape index (κ2) is 4.63. The fourth-order valence-corrected chi connectivity index (χ4v) is 2.93. The number of benzene rings is 1. The van der Waals surface area contributed by atoms with Gasteiger partial charge >= 0.3 is 0 Å². The summed E-state index contributed by atoms with van der Waals surface area (Å²) < 4.78 is 0. The lowest BCUT2D eigenvalue weighted by atomic mass is 9.73. The molecule has 1 aromatic rings. The molecule has 0 spiro atoms. The van der Waals surface area contributed by atoms with E-state index >= 15 is 0 Å². The van der Waals surface area contributed by atoms with E-state index in [2.05, 4.69) is 29.3 Å². The van der Waals surface area contributed by atoms with E-state index in [4.69, 9.17) is 0 Å². The zero-order valence-electron chi connectivity index (χ0n) is 9.65. The summed E-state index contributed by atoms with van der Waals surface area (Å²) in [5.41, 5.74) is 1.39. The minimum Gasteiger partial charge on any atom is -0.211 e. The highest BCUT2D eigenvalue weighted by Crippen LogP contribution is 2.44. The minimum atomic E-state index is 0.0369. The van der Waals surface area contributed by atoms with E-state index in [9.17, 15) is 4.79 Å². The average Bonchev–Trinajstić information content (AvgIpc) is 2.81. The lowest BCUT2D eigenvalue weighted by molar-refractivity contribution is 0.369. The van der Waals surface area contributed by atoms with Gasteiger partial charge in [-0.25, -0.2) is 9.79 Å². The normalized spacial score (nSPS) is 20.1. The second-order valence-electron chi connectivity index (χ2n) is 4.63. The molecule has 1 saturated carbocycles. The third-order valence-corrected chi connectivity index (χ3v) is 3.89. The topological polar surface area (TPSA) is 29.4 Å². The SMILES string of the molecule is CC(N=C=O)C1(c2ccccc2)CCCC1. The Morgan fingerprint density at radius 2 is 1.88 bits per heavy atom. The number of isocyanates is 1. The molecule has 0 bridgehead atoms. The molecule has 0 aromatic heterocycles. The zero-order chi connectivity index (χ0) is 11.4.